The van der Waals surface area contributed by atoms with Gasteiger partial charge in [0.05, 0.1) is 28.1 Å². The molecule has 0 unspecified atom stereocenters. The second-order valence-electron chi connectivity index (χ2n) is 7.44. The minimum absolute atomic E-state index is 0.0705. The zero-order chi connectivity index (χ0) is 22.7. The van der Waals surface area contributed by atoms with E-state index < -0.39 is 4.92 Å². The number of rotatable bonds is 7. The fraction of sp³-hybridized carbons (Fsp3) is 0.318. The number of nitro groups is 1. The Morgan fingerprint density at radius 3 is 2.68 bits per heavy atom. The van der Waals surface area contributed by atoms with Crippen molar-refractivity contribution < 1.29 is 9.66 Å². The largest absolute Gasteiger partial charge is 0.483 e. The lowest BCUT2D eigenvalue weighted by atomic mass is 10.1. The van der Waals surface area contributed by atoms with Gasteiger partial charge in [0, 0.05) is 22.0 Å². The summed E-state index contributed by atoms with van der Waals surface area (Å²) in [6.45, 7) is 7.61. The summed E-state index contributed by atoms with van der Waals surface area (Å²) in [6.07, 6.45) is 1.87. The molecule has 3 rings (SSSR count). The zero-order valence-corrected chi connectivity index (χ0v) is 19.3. The molecule has 8 nitrogen and oxygen atoms in total. The van der Waals surface area contributed by atoms with Crippen LogP contribution in [0.25, 0.3) is 10.9 Å². The lowest BCUT2D eigenvalue weighted by Gasteiger charge is -2.15. The van der Waals surface area contributed by atoms with Crippen molar-refractivity contribution in [1.82, 2.24) is 9.66 Å². The molecule has 1 aromatic heterocycles. The molecule has 0 saturated heterocycles. The third kappa shape index (κ3) is 4.82. The first-order chi connectivity index (χ1) is 14.7. The first kappa shape index (κ1) is 22.6. The van der Waals surface area contributed by atoms with Gasteiger partial charge in [0.25, 0.3) is 5.56 Å². The Kier molecular flexibility index (Phi) is 6.84. The molecular weight excluding hydrogens is 464 g/mol. The first-order valence-electron chi connectivity index (χ1n) is 9.93. The van der Waals surface area contributed by atoms with Crippen molar-refractivity contribution in [2.75, 3.05) is 0 Å². The van der Waals surface area contributed by atoms with E-state index in [9.17, 15) is 14.9 Å². The van der Waals surface area contributed by atoms with Crippen LogP contribution in [0, 0.1) is 10.1 Å². The molecule has 0 N–H and O–H groups in total. The molecule has 0 spiro atoms. The molecule has 0 aliphatic carbocycles. The molecule has 0 saturated carbocycles. The number of benzene rings is 2. The Balaban J connectivity index is 2.19. The fourth-order valence-electron chi connectivity index (χ4n) is 2.97. The van der Waals surface area contributed by atoms with Gasteiger partial charge >= 0.3 is 5.69 Å². The Labute approximate surface area is 187 Å². The van der Waals surface area contributed by atoms with Crippen molar-refractivity contribution in [3.05, 3.63) is 72.7 Å². The van der Waals surface area contributed by atoms with Gasteiger partial charge in [-0.3, -0.25) is 14.9 Å². The minimum atomic E-state index is -0.490. The van der Waals surface area contributed by atoms with E-state index in [1.165, 1.54) is 17.0 Å². The summed E-state index contributed by atoms with van der Waals surface area (Å²) in [7, 11) is 0. The zero-order valence-electron chi connectivity index (χ0n) is 17.7. The molecule has 162 valence electrons. The highest BCUT2D eigenvalue weighted by Gasteiger charge is 2.20. The van der Waals surface area contributed by atoms with Crippen LogP contribution in [-0.2, 0) is 0 Å². The van der Waals surface area contributed by atoms with Crippen molar-refractivity contribution in [2.45, 2.75) is 46.1 Å². The van der Waals surface area contributed by atoms with Gasteiger partial charge < -0.3 is 4.74 Å². The molecule has 1 atom stereocenters. The Morgan fingerprint density at radius 1 is 1.29 bits per heavy atom. The van der Waals surface area contributed by atoms with E-state index >= 15 is 0 Å². The van der Waals surface area contributed by atoms with Crippen LogP contribution in [0.15, 0.2) is 50.8 Å². The van der Waals surface area contributed by atoms with Crippen LogP contribution in [0.5, 0.6) is 5.75 Å². The van der Waals surface area contributed by atoms with Crippen LogP contribution in [0.1, 0.15) is 51.4 Å². The van der Waals surface area contributed by atoms with Crippen molar-refractivity contribution in [2.24, 2.45) is 5.10 Å². The molecule has 0 aliphatic rings. The molecule has 9 heteroatoms. The lowest BCUT2D eigenvalue weighted by molar-refractivity contribution is -0.386. The molecule has 3 aromatic rings. The van der Waals surface area contributed by atoms with Gasteiger partial charge in [-0.1, -0.05) is 42.8 Å². The molecule has 0 bridgehead atoms. The fourth-order valence-corrected chi connectivity index (χ4v) is 3.33. The van der Waals surface area contributed by atoms with Gasteiger partial charge in [-0.05, 0) is 37.6 Å². The van der Waals surface area contributed by atoms with Crippen LogP contribution < -0.4 is 10.3 Å². The van der Waals surface area contributed by atoms with Gasteiger partial charge in [-0.25, -0.2) is 4.98 Å². The van der Waals surface area contributed by atoms with Crippen LogP contribution in [0.2, 0.25) is 0 Å². The van der Waals surface area contributed by atoms with E-state index in [1.807, 2.05) is 33.8 Å². The summed E-state index contributed by atoms with van der Waals surface area (Å²) < 4.78 is 7.83. The van der Waals surface area contributed by atoms with Crippen molar-refractivity contribution in [3.8, 4) is 5.75 Å². The molecule has 31 heavy (non-hydrogen) atoms. The predicted molar refractivity (Wildman–Crippen MR) is 124 cm³/mol. The highest BCUT2D eigenvalue weighted by molar-refractivity contribution is 9.10. The maximum absolute atomic E-state index is 13.2. The molecule has 0 radical (unpaired) electrons. The molecular formula is C22H23BrN4O4. The van der Waals surface area contributed by atoms with E-state index in [1.54, 1.807) is 24.3 Å². The Morgan fingerprint density at radius 2 is 2.03 bits per heavy atom. The number of hydrogen-bond donors (Lipinski definition) is 0. The number of halogens is 1. The lowest BCUT2D eigenvalue weighted by Crippen LogP contribution is -2.23. The van der Waals surface area contributed by atoms with Crippen LogP contribution >= 0.6 is 15.9 Å². The highest BCUT2D eigenvalue weighted by atomic mass is 79.9. The van der Waals surface area contributed by atoms with Gasteiger partial charge in [0.2, 0.25) is 5.75 Å². The predicted octanol–water partition coefficient (Wildman–Crippen LogP) is 5.25. The number of hydrogen-bond acceptors (Lipinski definition) is 6. The molecule has 0 aliphatic heterocycles. The normalized spacial score (nSPS) is 12.6. The number of fused-ring (bicyclic) bond motifs is 1. The number of nitro benzene ring substituents is 1. The van der Waals surface area contributed by atoms with Gasteiger partial charge in [0.15, 0.2) is 0 Å². The van der Waals surface area contributed by atoms with Gasteiger partial charge in [-0.2, -0.15) is 9.78 Å². The first-order valence-corrected chi connectivity index (χ1v) is 10.7. The summed E-state index contributed by atoms with van der Waals surface area (Å²) in [5, 5.41) is 16.3. The third-order valence-electron chi connectivity index (χ3n) is 4.78. The van der Waals surface area contributed by atoms with Crippen LogP contribution in [0.3, 0.4) is 0 Å². The Bertz CT molecular complexity index is 1220. The topological polar surface area (TPSA) is 99.6 Å². The van der Waals surface area contributed by atoms with E-state index in [-0.39, 0.29) is 29.0 Å². The average molecular weight is 487 g/mol. The highest BCUT2D eigenvalue weighted by Crippen LogP contribution is 2.31. The summed E-state index contributed by atoms with van der Waals surface area (Å²) >= 11 is 3.38. The van der Waals surface area contributed by atoms with Gasteiger partial charge in [0.1, 0.15) is 5.82 Å². The summed E-state index contributed by atoms with van der Waals surface area (Å²) in [5.74, 6) is 0.547. The van der Waals surface area contributed by atoms with Crippen LogP contribution in [0.4, 0.5) is 5.69 Å². The SMILES string of the molecule is CC[C@@H](C)Oc1c(C=Nn2c(C(C)C)nc3ccc(Br)cc3c2=O)cccc1[N+](=O)[O-]. The third-order valence-corrected chi connectivity index (χ3v) is 5.27. The van der Waals surface area contributed by atoms with E-state index in [2.05, 4.69) is 26.0 Å². The number of aromatic nitrogens is 2. The van der Waals surface area contributed by atoms with E-state index in [0.29, 0.717) is 28.7 Å². The van der Waals surface area contributed by atoms with Crippen molar-refractivity contribution >= 4 is 38.7 Å². The van der Waals surface area contributed by atoms with Crippen molar-refractivity contribution in [3.63, 3.8) is 0 Å². The number of para-hydroxylation sites is 1. The number of nitrogens with zero attached hydrogens (tertiary/aromatic N) is 4. The smallest absolute Gasteiger partial charge is 0.311 e. The minimum Gasteiger partial charge on any atom is -0.483 e. The molecule has 2 aromatic carbocycles. The summed E-state index contributed by atoms with van der Waals surface area (Å²) in [5.41, 5.74) is 0.521. The maximum atomic E-state index is 13.2. The van der Waals surface area contributed by atoms with E-state index in [4.69, 9.17) is 4.74 Å². The second-order valence-corrected chi connectivity index (χ2v) is 8.35. The monoisotopic (exact) mass is 486 g/mol. The number of ether oxygens (including phenoxy) is 1. The standard InChI is InChI=1S/C22H23BrN4O4/c1-5-14(4)31-20-15(7-6-8-19(20)27(29)30)12-24-26-21(13(2)3)25-18-10-9-16(23)11-17(18)22(26)28/h6-14H,5H2,1-4H3/t14-/m1/s1. The molecule has 0 fully saturated rings. The Hall–Kier alpha value is -3.07. The second kappa shape index (κ2) is 9.38. The average Bonchev–Trinajstić information content (AvgIpc) is 2.73. The maximum Gasteiger partial charge on any atom is 0.311 e. The molecule has 0 amide bonds. The quantitative estimate of drug-likeness (QED) is 0.258. The van der Waals surface area contributed by atoms with Crippen molar-refractivity contribution in [1.29, 1.82) is 0 Å². The summed E-state index contributed by atoms with van der Waals surface area (Å²) in [4.78, 5) is 28.8. The van der Waals surface area contributed by atoms with E-state index in [0.717, 1.165) is 4.47 Å². The molecule has 1 heterocycles. The van der Waals surface area contributed by atoms with Crippen LogP contribution in [-0.4, -0.2) is 26.9 Å². The van der Waals surface area contributed by atoms with Gasteiger partial charge in [-0.15, -0.1) is 0 Å². The summed E-state index contributed by atoms with van der Waals surface area (Å²) in [6, 6.07) is 9.92.